The van der Waals surface area contributed by atoms with Gasteiger partial charge in [0, 0.05) is 28.5 Å². The Morgan fingerprint density at radius 3 is 2.96 bits per heavy atom. The van der Waals surface area contributed by atoms with E-state index in [2.05, 4.69) is 25.8 Å². The second kappa shape index (κ2) is 6.30. The van der Waals surface area contributed by atoms with Crippen molar-refractivity contribution >= 4 is 16.9 Å². The number of aliphatic carboxylic acids is 1. The van der Waals surface area contributed by atoms with Crippen LogP contribution in [0, 0.1) is 6.92 Å². The summed E-state index contributed by atoms with van der Waals surface area (Å²) in [6.07, 6.45) is 1.88. The third kappa shape index (κ3) is 2.76. The van der Waals surface area contributed by atoms with Crippen LogP contribution in [0.1, 0.15) is 30.3 Å². The summed E-state index contributed by atoms with van der Waals surface area (Å²) in [7, 11) is 0. The van der Waals surface area contributed by atoms with Crippen molar-refractivity contribution in [1.29, 1.82) is 0 Å². The maximum Gasteiger partial charge on any atom is 0.305 e. The van der Waals surface area contributed by atoms with Crippen molar-refractivity contribution in [2.45, 2.75) is 32.2 Å². The van der Waals surface area contributed by atoms with Gasteiger partial charge >= 0.3 is 5.97 Å². The standard InChI is InChI=1S/C21H18N4O3/c1-12-3-2-4-17(22-12)21-23-20(24-28-21)14-6-5-13-9-15-7-8-16(11-19(26)27)25(15)18(13)10-14/h2-6,9-10,16H,7-8,11H2,1H3,(H,26,27). The van der Waals surface area contributed by atoms with Gasteiger partial charge < -0.3 is 14.2 Å². The zero-order valence-corrected chi connectivity index (χ0v) is 15.3. The van der Waals surface area contributed by atoms with Gasteiger partial charge in [0.25, 0.3) is 5.89 Å². The van der Waals surface area contributed by atoms with E-state index in [1.54, 1.807) is 0 Å². The number of carbonyl (C=O) groups is 1. The minimum atomic E-state index is -0.774. The van der Waals surface area contributed by atoms with Crippen molar-refractivity contribution in [1.82, 2.24) is 19.7 Å². The topological polar surface area (TPSA) is 94.0 Å². The summed E-state index contributed by atoms with van der Waals surface area (Å²) in [4.78, 5) is 20.1. The summed E-state index contributed by atoms with van der Waals surface area (Å²) in [5.41, 5.74) is 4.54. The highest BCUT2D eigenvalue weighted by Gasteiger charge is 2.26. The van der Waals surface area contributed by atoms with Crippen LogP contribution in [0.15, 0.2) is 47.0 Å². The van der Waals surface area contributed by atoms with Crippen molar-refractivity contribution in [2.24, 2.45) is 0 Å². The molecular weight excluding hydrogens is 356 g/mol. The molecule has 0 aliphatic carbocycles. The van der Waals surface area contributed by atoms with Gasteiger partial charge in [0.1, 0.15) is 5.69 Å². The monoisotopic (exact) mass is 374 g/mol. The Morgan fingerprint density at radius 2 is 2.14 bits per heavy atom. The summed E-state index contributed by atoms with van der Waals surface area (Å²) in [6, 6.07) is 13.8. The van der Waals surface area contributed by atoms with Gasteiger partial charge in [-0.2, -0.15) is 4.98 Å². The van der Waals surface area contributed by atoms with Gasteiger partial charge in [0.05, 0.1) is 6.42 Å². The molecule has 1 atom stereocenters. The third-order valence-corrected chi connectivity index (χ3v) is 5.22. The summed E-state index contributed by atoms with van der Waals surface area (Å²) < 4.78 is 7.56. The van der Waals surface area contributed by atoms with Crippen LogP contribution in [-0.2, 0) is 11.2 Å². The van der Waals surface area contributed by atoms with Gasteiger partial charge in [-0.3, -0.25) is 4.79 Å². The fourth-order valence-corrected chi connectivity index (χ4v) is 3.99. The average molecular weight is 374 g/mol. The largest absolute Gasteiger partial charge is 0.481 e. The van der Waals surface area contributed by atoms with Gasteiger partial charge in [0.2, 0.25) is 5.82 Å². The quantitative estimate of drug-likeness (QED) is 0.580. The Kier molecular flexibility index (Phi) is 3.75. The number of carboxylic acids is 1. The minimum absolute atomic E-state index is 0.0161. The summed E-state index contributed by atoms with van der Waals surface area (Å²) >= 11 is 0. The number of rotatable bonds is 4. The second-order valence-corrected chi connectivity index (χ2v) is 7.16. The molecule has 0 spiro atoms. The van der Waals surface area contributed by atoms with Crippen molar-refractivity contribution in [3.63, 3.8) is 0 Å². The van der Waals surface area contributed by atoms with Crippen LogP contribution in [0.2, 0.25) is 0 Å². The van der Waals surface area contributed by atoms with Crippen LogP contribution in [0.3, 0.4) is 0 Å². The molecule has 7 nitrogen and oxygen atoms in total. The van der Waals surface area contributed by atoms with Gasteiger partial charge in [-0.15, -0.1) is 0 Å². The van der Waals surface area contributed by atoms with Crippen LogP contribution < -0.4 is 0 Å². The van der Waals surface area contributed by atoms with Gasteiger partial charge in [-0.05, 0) is 49.4 Å². The van der Waals surface area contributed by atoms with E-state index in [9.17, 15) is 9.90 Å². The molecule has 140 valence electrons. The lowest BCUT2D eigenvalue weighted by Gasteiger charge is -2.13. The molecule has 5 rings (SSSR count). The van der Waals surface area contributed by atoms with Gasteiger partial charge in [-0.25, -0.2) is 4.98 Å². The number of hydrogen-bond acceptors (Lipinski definition) is 5. The van der Waals surface area contributed by atoms with E-state index in [4.69, 9.17) is 4.52 Å². The third-order valence-electron chi connectivity index (χ3n) is 5.22. The highest BCUT2D eigenvalue weighted by Crippen LogP contribution is 2.36. The molecule has 3 aromatic heterocycles. The van der Waals surface area contributed by atoms with E-state index < -0.39 is 5.97 Å². The molecule has 0 amide bonds. The lowest BCUT2D eigenvalue weighted by atomic mass is 10.1. The fraction of sp³-hybridized carbons (Fsp3) is 0.238. The fourth-order valence-electron chi connectivity index (χ4n) is 3.99. The predicted octanol–water partition coefficient (Wildman–Crippen LogP) is 4.02. The molecule has 0 bridgehead atoms. The number of nitrogens with zero attached hydrogens (tertiary/aromatic N) is 4. The van der Waals surface area contributed by atoms with Gasteiger partial charge in [-0.1, -0.05) is 23.4 Å². The zero-order valence-electron chi connectivity index (χ0n) is 15.3. The first-order valence-electron chi connectivity index (χ1n) is 9.22. The number of aromatic nitrogens is 4. The Bertz CT molecular complexity index is 1210. The van der Waals surface area contributed by atoms with E-state index in [0.717, 1.165) is 35.0 Å². The Balaban J connectivity index is 1.55. The molecule has 1 aliphatic heterocycles. The summed E-state index contributed by atoms with van der Waals surface area (Å²) in [5, 5.41) is 14.4. The predicted molar refractivity (Wildman–Crippen MR) is 103 cm³/mol. The maximum atomic E-state index is 11.2. The normalized spacial score (nSPS) is 15.8. The Hall–Kier alpha value is -3.48. The molecule has 1 aliphatic rings. The van der Waals surface area contributed by atoms with Crippen LogP contribution in [0.4, 0.5) is 0 Å². The summed E-state index contributed by atoms with van der Waals surface area (Å²) in [5.74, 6) is 0.0933. The van der Waals surface area contributed by atoms with E-state index in [0.29, 0.717) is 17.4 Å². The molecule has 4 heterocycles. The number of benzene rings is 1. The molecular formula is C21H18N4O3. The molecule has 28 heavy (non-hydrogen) atoms. The minimum Gasteiger partial charge on any atom is -0.481 e. The van der Waals surface area contributed by atoms with Crippen LogP contribution in [0.5, 0.6) is 0 Å². The number of aryl methyl sites for hydroxylation is 2. The first-order chi connectivity index (χ1) is 13.6. The van der Waals surface area contributed by atoms with Crippen LogP contribution in [-0.4, -0.2) is 30.8 Å². The van der Waals surface area contributed by atoms with E-state index in [1.807, 2.05) is 43.3 Å². The molecule has 7 heteroatoms. The van der Waals surface area contributed by atoms with Crippen LogP contribution in [0.25, 0.3) is 33.9 Å². The number of carboxylic acid groups (broad SMARTS) is 1. The number of fused-ring (bicyclic) bond motifs is 3. The molecule has 0 saturated carbocycles. The second-order valence-electron chi connectivity index (χ2n) is 7.16. The van der Waals surface area contributed by atoms with Crippen LogP contribution >= 0.6 is 0 Å². The Labute approximate surface area is 160 Å². The SMILES string of the molecule is Cc1cccc(-c2nc(-c3ccc4cc5n(c4c3)C(CC(=O)O)CC5)no2)n1. The molecule has 0 radical (unpaired) electrons. The molecule has 1 aromatic carbocycles. The number of pyridine rings is 1. The van der Waals surface area contributed by atoms with Gasteiger partial charge in [0.15, 0.2) is 0 Å². The molecule has 0 saturated heterocycles. The highest BCUT2D eigenvalue weighted by molar-refractivity contribution is 5.86. The number of hydrogen-bond donors (Lipinski definition) is 1. The molecule has 4 aromatic rings. The highest BCUT2D eigenvalue weighted by atomic mass is 16.5. The van der Waals surface area contributed by atoms with E-state index >= 15 is 0 Å². The van der Waals surface area contributed by atoms with E-state index in [1.165, 1.54) is 5.69 Å². The first kappa shape index (κ1) is 16.7. The van der Waals surface area contributed by atoms with E-state index in [-0.39, 0.29) is 12.5 Å². The smallest absolute Gasteiger partial charge is 0.305 e. The molecule has 1 N–H and O–H groups in total. The first-order valence-corrected chi connectivity index (χ1v) is 9.22. The lowest BCUT2D eigenvalue weighted by Crippen LogP contribution is -2.09. The zero-order chi connectivity index (χ0) is 19.3. The van der Waals surface area contributed by atoms with Crippen molar-refractivity contribution in [3.05, 3.63) is 53.9 Å². The average Bonchev–Trinajstić information content (AvgIpc) is 3.37. The van der Waals surface area contributed by atoms with Crippen molar-refractivity contribution < 1.29 is 14.4 Å². The summed E-state index contributed by atoms with van der Waals surface area (Å²) in [6.45, 7) is 1.91. The molecule has 1 unspecified atom stereocenters. The van der Waals surface area contributed by atoms with Crippen molar-refractivity contribution in [2.75, 3.05) is 0 Å². The molecule has 0 fully saturated rings. The van der Waals surface area contributed by atoms with Crippen molar-refractivity contribution in [3.8, 4) is 23.0 Å². The lowest BCUT2D eigenvalue weighted by molar-refractivity contribution is -0.137. The maximum absolute atomic E-state index is 11.2. The Morgan fingerprint density at radius 1 is 1.25 bits per heavy atom.